The second kappa shape index (κ2) is 7.11. The largest absolute Gasteiger partial charge is 0.399 e. The fourth-order valence-corrected chi connectivity index (χ4v) is 3.52. The molecule has 2 heterocycles. The lowest BCUT2D eigenvalue weighted by Gasteiger charge is -2.29. The maximum Gasteiger partial charge on any atom is 0.0949 e. The van der Waals surface area contributed by atoms with Crippen molar-refractivity contribution in [1.82, 2.24) is 14.5 Å². The van der Waals surface area contributed by atoms with Crippen LogP contribution in [0.1, 0.15) is 22.3 Å². The molecule has 0 spiro atoms. The van der Waals surface area contributed by atoms with Crippen molar-refractivity contribution in [1.29, 1.82) is 0 Å². The molecule has 4 rings (SSSR count). The molecule has 25 heavy (non-hydrogen) atoms. The highest BCUT2D eigenvalue weighted by molar-refractivity contribution is 5.39. The number of nitrogens with zero attached hydrogens (tertiary/aromatic N) is 3. The molecule has 4 nitrogen and oxygen atoms in total. The molecular formula is C21H24N4. The summed E-state index contributed by atoms with van der Waals surface area (Å²) >= 11 is 0. The van der Waals surface area contributed by atoms with Gasteiger partial charge in [-0.25, -0.2) is 4.98 Å². The summed E-state index contributed by atoms with van der Waals surface area (Å²) in [6.45, 7) is 4.17. The van der Waals surface area contributed by atoms with Crippen LogP contribution in [0.4, 0.5) is 5.69 Å². The standard InChI is InChI=1S/C21H24N4/c22-21-5-2-17(3-6-21)7-10-24-11-8-19-4-1-18(13-20(19)15-24)14-25-12-9-23-16-25/h1-6,9,12-13,16H,7-8,10-11,14-15,22H2. The molecule has 0 atom stereocenters. The molecular weight excluding hydrogens is 308 g/mol. The van der Waals surface area contributed by atoms with Crippen LogP contribution >= 0.6 is 0 Å². The van der Waals surface area contributed by atoms with Gasteiger partial charge >= 0.3 is 0 Å². The monoisotopic (exact) mass is 332 g/mol. The van der Waals surface area contributed by atoms with Crippen LogP contribution in [-0.4, -0.2) is 27.5 Å². The van der Waals surface area contributed by atoms with Crippen LogP contribution in [-0.2, 0) is 25.9 Å². The van der Waals surface area contributed by atoms with Crippen LogP contribution in [0.25, 0.3) is 0 Å². The predicted molar refractivity (Wildman–Crippen MR) is 101 cm³/mol. The van der Waals surface area contributed by atoms with E-state index in [1.165, 1.54) is 22.3 Å². The summed E-state index contributed by atoms with van der Waals surface area (Å²) < 4.78 is 2.11. The van der Waals surface area contributed by atoms with Crippen molar-refractivity contribution in [2.45, 2.75) is 25.9 Å². The molecule has 1 aromatic heterocycles. The molecule has 1 aliphatic rings. The van der Waals surface area contributed by atoms with E-state index in [2.05, 4.69) is 44.8 Å². The molecule has 0 bridgehead atoms. The summed E-state index contributed by atoms with van der Waals surface area (Å²) in [6, 6.07) is 15.2. The number of rotatable bonds is 5. The quantitative estimate of drug-likeness (QED) is 0.730. The van der Waals surface area contributed by atoms with Crippen LogP contribution in [0.15, 0.2) is 61.2 Å². The maximum absolute atomic E-state index is 5.77. The fraction of sp³-hybridized carbons (Fsp3) is 0.286. The van der Waals surface area contributed by atoms with Gasteiger partial charge in [0.2, 0.25) is 0 Å². The molecule has 1 aliphatic heterocycles. The zero-order valence-electron chi connectivity index (χ0n) is 14.4. The minimum Gasteiger partial charge on any atom is -0.399 e. The average Bonchev–Trinajstić information content (AvgIpc) is 3.14. The van der Waals surface area contributed by atoms with Gasteiger partial charge in [0.1, 0.15) is 0 Å². The summed E-state index contributed by atoms with van der Waals surface area (Å²) in [6.07, 6.45) is 7.93. The van der Waals surface area contributed by atoms with Gasteiger partial charge < -0.3 is 10.3 Å². The van der Waals surface area contributed by atoms with Gasteiger partial charge in [-0.15, -0.1) is 0 Å². The third-order valence-electron chi connectivity index (χ3n) is 4.98. The lowest BCUT2D eigenvalue weighted by atomic mass is 9.97. The van der Waals surface area contributed by atoms with Crippen molar-refractivity contribution in [3.05, 3.63) is 83.4 Å². The van der Waals surface area contributed by atoms with Crippen molar-refractivity contribution in [3.63, 3.8) is 0 Å². The summed E-state index contributed by atoms with van der Waals surface area (Å²) in [5.74, 6) is 0. The van der Waals surface area contributed by atoms with E-state index >= 15 is 0 Å². The number of nitrogen functional groups attached to an aromatic ring is 1. The number of hydrogen-bond acceptors (Lipinski definition) is 3. The Balaban J connectivity index is 1.40. The van der Waals surface area contributed by atoms with Crippen LogP contribution in [0.3, 0.4) is 0 Å². The minimum atomic E-state index is 0.834. The van der Waals surface area contributed by atoms with E-state index in [1.54, 1.807) is 0 Å². The number of fused-ring (bicyclic) bond motifs is 1. The molecule has 0 amide bonds. The zero-order chi connectivity index (χ0) is 17.1. The van der Waals surface area contributed by atoms with Gasteiger partial charge in [-0.2, -0.15) is 0 Å². The topological polar surface area (TPSA) is 47.1 Å². The predicted octanol–water partition coefficient (Wildman–Crippen LogP) is 3.11. The first-order valence-electron chi connectivity index (χ1n) is 8.89. The van der Waals surface area contributed by atoms with Crippen molar-refractivity contribution in [2.75, 3.05) is 18.8 Å². The smallest absolute Gasteiger partial charge is 0.0949 e. The molecule has 3 aromatic rings. The van der Waals surface area contributed by atoms with Crippen LogP contribution in [0.5, 0.6) is 0 Å². The second-order valence-corrected chi connectivity index (χ2v) is 6.86. The molecule has 0 aliphatic carbocycles. The fourth-order valence-electron chi connectivity index (χ4n) is 3.52. The highest BCUT2D eigenvalue weighted by Gasteiger charge is 2.16. The Morgan fingerprint density at radius 2 is 1.84 bits per heavy atom. The summed E-state index contributed by atoms with van der Waals surface area (Å²) in [4.78, 5) is 6.68. The molecule has 0 unspecified atom stereocenters. The van der Waals surface area contributed by atoms with E-state index in [9.17, 15) is 0 Å². The van der Waals surface area contributed by atoms with E-state index in [4.69, 9.17) is 5.73 Å². The first kappa shape index (κ1) is 15.9. The number of imidazole rings is 1. The Bertz CT molecular complexity index is 822. The Labute approximate surface area is 148 Å². The Morgan fingerprint density at radius 1 is 1.00 bits per heavy atom. The first-order chi connectivity index (χ1) is 12.3. The molecule has 2 N–H and O–H groups in total. The van der Waals surface area contributed by atoms with Crippen molar-refractivity contribution in [2.24, 2.45) is 0 Å². The Hall–Kier alpha value is -2.59. The number of anilines is 1. The second-order valence-electron chi connectivity index (χ2n) is 6.86. The lowest BCUT2D eigenvalue weighted by molar-refractivity contribution is 0.257. The third-order valence-corrected chi connectivity index (χ3v) is 4.98. The van der Waals surface area contributed by atoms with Crippen molar-refractivity contribution in [3.8, 4) is 0 Å². The van der Waals surface area contributed by atoms with E-state index in [0.29, 0.717) is 0 Å². The Morgan fingerprint density at radius 3 is 2.64 bits per heavy atom. The van der Waals surface area contributed by atoms with Crippen molar-refractivity contribution < 1.29 is 0 Å². The summed E-state index contributed by atoms with van der Waals surface area (Å²) in [5, 5.41) is 0. The highest BCUT2D eigenvalue weighted by Crippen LogP contribution is 2.21. The molecule has 128 valence electrons. The van der Waals surface area contributed by atoms with Gasteiger partial charge in [-0.1, -0.05) is 30.3 Å². The van der Waals surface area contributed by atoms with Crippen LogP contribution < -0.4 is 5.73 Å². The summed E-state index contributed by atoms with van der Waals surface area (Å²) in [5.41, 5.74) is 12.3. The third kappa shape index (κ3) is 3.91. The van der Waals surface area contributed by atoms with Crippen molar-refractivity contribution >= 4 is 5.69 Å². The van der Waals surface area contributed by atoms with Gasteiger partial charge in [0.25, 0.3) is 0 Å². The molecule has 0 radical (unpaired) electrons. The normalized spacial score (nSPS) is 14.4. The molecule has 2 aromatic carbocycles. The molecule has 0 fully saturated rings. The van der Waals surface area contributed by atoms with E-state index < -0.39 is 0 Å². The number of benzene rings is 2. The highest BCUT2D eigenvalue weighted by atomic mass is 15.1. The lowest BCUT2D eigenvalue weighted by Crippen LogP contribution is -2.32. The molecule has 4 heteroatoms. The molecule has 0 saturated carbocycles. The van der Waals surface area contributed by atoms with Gasteiger partial charge in [0.15, 0.2) is 0 Å². The number of aromatic nitrogens is 2. The van der Waals surface area contributed by atoms with E-state index in [0.717, 1.165) is 44.7 Å². The van der Waals surface area contributed by atoms with Gasteiger partial charge in [0.05, 0.1) is 6.33 Å². The van der Waals surface area contributed by atoms with Gasteiger partial charge in [-0.3, -0.25) is 4.90 Å². The van der Waals surface area contributed by atoms with Gasteiger partial charge in [0, 0.05) is 44.3 Å². The van der Waals surface area contributed by atoms with Crippen LogP contribution in [0.2, 0.25) is 0 Å². The number of nitrogens with two attached hydrogens (primary N) is 1. The SMILES string of the molecule is Nc1ccc(CCN2CCc3ccc(Cn4ccnc4)cc3C2)cc1. The van der Waals surface area contributed by atoms with Gasteiger partial charge in [-0.05, 0) is 47.2 Å². The van der Waals surface area contributed by atoms with E-state index in [-0.39, 0.29) is 0 Å². The van der Waals surface area contributed by atoms with Crippen LogP contribution in [0, 0.1) is 0 Å². The summed E-state index contributed by atoms with van der Waals surface area (Å²) in [7, 11) is 0. The maximum atomic E-state index is 5.77. The first-order valence-corrected chi connectivity index (χ1v) is 8.89. The Kier molecular flexibility index (Phi) is 4.53. The average molecular weight is 332 g/mol. The van der Waals surface area contributed by atoms with E-state index in [1.807, 2.05) is 30.9 Å². The zero-order valence-corrected chi connectivity index (χ0v) is 14.4. The number of hydrogen-bond donors (Lipinski definition) is 1. The minimum absolute atomic E-state index is 0.834. The molecule has 0 saturated heterocycles.